The van der Waals surface area contributed by atoms with E-state index in [2.05, 4.69) is 55.4 Å². The van der Waals surface area contributed by atoms with E-state index in [0.29, 0.717) is 31.6 Å². The van der Waals surface area contributed by atoms with Crippen molar-refractivity contribution in [2.24, 2.45) is 23.7 Å². The second kappa shape index (κ2) is 74.8. The molecule has 17 nitrogen and oxygen atoms in total. The molecular weight excluding hydrogens is 1370 g/mol. The van der Waals surface area contributed by atoms with Crippen molar-refractivity contribution >= 4 is 39.5 Å². The topological polar surface area (TPSA) is 237 Å². The van der Waals surface area contributed by atoms with Gasteiger partial charge in [-0.2, -0.15) is 0 Å². The van der Waals surface area contributed by atoms with Gasteiger partial charge in [-0.15, -0.1) is 0 Å². The molecule has 5 atom stereocenters. The summed E-state index contributed by atoms with van der Waals surface area (Å²) < 4.78 is 68.8. The highest BCUT2D eigenvalue weighted by Crippen LogP contribution is 2.45. The average Bonchev–Trinajstić information content (AvgIpc) is 0.956. The number of esters is 4. The number of ether oxygens (including phenoxy) is 4. The summed E-state index contributed by atoms with van der Waals surface area (Å²) in [7, 11) is -9.93. The minimum Gasteiger partial charge on any atom is -0.462 e. The number of hydrogen-bond acceptors (Lipinski definition) is 15. The van der Waals surface area contributed by atoms with Crippen molar-refractivity contribution < 1.29 is 80.2 Å². The standard InChI is InChI=1S/C86H168O17P2/c1-76(2)62-54-46-38-32-26-20-15-11-9-10-12-18-24-30-36-42-52-60-68-85(90)102-81(72-96-83(88)66-58-50-41-35-29-23-17-14-13-16-21-27-33-39-47-55-63-77(3)4)74-100-104(92,93)98-70-80(87)71-99-105(94,95)101-75-82(73-97-84(89)67-59-51-45-44-49-57-65-79(7)8)103-86(91)69-61-53-43-37-31-25-19-22-28-34-40-48-56-64-78(5)6/h76-82,87H,9-75H2,1-8H3,(H,92,93)(H,94,95)/t80-,81-,82-/m1/s1. The first-order valence-corrected chi connectivity index (χ1v) is 47.2. The predicted molar refractivity (Wildman–Crippen MR) is 432 cm³/mol. The summed E-state index contributed by atoms with van der Waals surface area (Å²) in [6, 6.07) is 0. The molecule has 624 valence electrons. The van der Waals surface area contributed by atoms with Crippen LogP contribution >= 0.6 is 15.6 Å². The molecule has 0 aliphatic rings. The monoisotopic (exact) mass is 1540 g/mol. The van der Waals surface area contributed by atoms with E-state index in [1.807, 2.05) is 0 Å². The van der Waals surface area contributed by atoms with Crippen LogP contribution in [-0.4, -0.2) is 96.7 Å². The highest BCUT2D eigenvalue weighted by molar-refractivity contribution is 7.47. The number of carbonyl (C=O) groups excluding carboxylic acids is 4. The molecule has 0 aromatic rings. The molecule has 0 radical (unpaired) electrons. The average molecular weight is 1540 g/mol. The fourth-order valence-corrected chi connectivity index (χ4v) is 14.9. The van der Waals surface area contributed by atoms with Gasteiger partial charge in [0.1, 0.15) is 19.3 Å². The van der Waals surface area contributed by atoms with Crippen LogP contribution in [0.5, 0.6) is 0 Å². The third-order valence-corrected chi connectivity index (χ3v) is 22.0. The highest BCUT2D eigenvalue weighted by atomic mass is 31.2. The van der Waals surface area contributed by atoms with Gasteiger partial charge in [-0.3, -0.25) is 37.3 Å². The van der Waals surface area contributed by atoms with Crippen molar-refractivity contribution in [2.45, 2.75) is 465 Å². The molecule has 0 aromatic heterocycles. The van der Waals surface area contributed by atoms with Crippen LogP contribution in [-0.2, 0) is 65.4 Å². The molecule has 0 aliphatic heterocycles. The molecule has 0 saturated heterocycles. The molecule has 0 saturated carbocycles. The molecule has 0 aromatic carbocycles. The van der Waals surface area contributed by atoms with Crippen LogP contribution in [0.15, 0.2) is 0 Å². The van der Waals surface area contributed by atoms with Crippen LogP contribution in [0, 0.1) is 23.7 Å². The molecule has 0 fully saturated rings. The molecule has 0 bridgehead atoms. The van der Waals surface area contributed by atoms with E-state index in [1.165, 1.54) is 244 Å². The molecule has 0 amide bonds. The Balaban J connectivity index is 5.21. The summed E-state index contributed by atoms with van der Waals surface area (Å²) in [6.45, 7) is 14.3. The van der Waals surface area contributed by atoms with E-state index in [4.69, 9.17) is 37.0 Å². The van der Waals surface area contributed by atoms with E-state index in [9.17, 15) is 43.2 Å². The Hall–Kier alpha value is -1.94. The van der Waals surface area contributed by atoms with Gasteiger partial charge in [0.15, 0.2) is 12.2 Å². The fraction of sp³-hybridized carbons (Fsp3) is 0.953. The van der Waals surface area contributed by atoms with Gasteiger partial charge in [-0.05, 0) is 49.4 Å². The molecule has 0 rings (SSSR count). The first kappa shape index (κ1) is 103. The van der Waals surface area contributed by atoms with Crippen molar-refractivity contribution in [3.05, 3.63) is 0 Å². The normalized spacial score (nSPS) is 13.9. The maximum absolute atomic E-state index is 13.1. The van der Waals surface area contributed by atoms with Crippen LogP contribution in [0.3, 0.4) is 0 Å². The van der Waals surface area contributed by atoms with Crippen molar-refractivity contribution in [3.8, 4) is 0 Å². The van der Waals surface area contributed by atoms with Crippen LogP contribution < -0.4 is 0 Å². The van der Waals surface area contributed by atoms with Crippen LogP contribution in [0.4, 0.5) is 0 Å². The number of phosphoric acid groups is 2. The van der Waals surface area contributed by atoms with Crippen LogP contribution in [0.2, 0.25) is 0 Å². The zero-order valence-electron chi connectivity index (χ0n) is 69.4. The minimum atomic E-state index is -4.97. The number of rotatable bonds is 83. The summed E-state index contributed by atoms with van der Waals surface area (Å²) in [5, 5.41) is 10.7. The van der Waals surface area contributed by atoms with E-state index in [1.54, 1.807) is 0 Å². The number of aliphatic hydroxyl groups is 1. The fourth-order valence-electron chi connectivity index (χ4n) is 13.3. The largest absolute Gasteiger partial charge is 0.472 e. The van der Waals surface area contributed by atoms with Gasteiger partial charge in [-0.25, -0.2) is 9.13 Å². The number of carbonyl (C=O) groups is 4. The third-order valence-electron chi connectivity index (χ3n) is 20.1. The van der Waals surface area contributed by atoms with Gasteiger partial charge < -0.3 is 33.8 Å². The van der Waals surface area contributed by atoms with Crippen molar-refractivity contribution in [3.63, 3.8) is 0 Å². The number of aliphatic hydroxyl groups excluding tert-OH is 1. The van der Waals surface area contributed by atoms with E-state index >= 15 is 0 Å². The second-order valence-corrected chi connectivity index (χ2v) is 35.7. The van der Waals surface area contributed by atoms with Crippen molar-refractivity contribution in [2.75, 3.05) is 39.6 Å². The highest BCUT2D eigenvalue weighted by Gasteiger charge is 2.30. The van der Waals surface area contributed by atoms with E-state index in [-0.39, 0.29) is 25.7 Å². The lowest BCUT2D eigenvalue weighted by atomic mass is 10.0. The Morgan fingerprint density at radius 2 is 0.400 bits per heavy atom. The van der Waals surface area contributed by atoms with E-state index < -0.39 is 97.5 Å². The summed E-state index contributed by atoms with van der Waals surface area (Å²) >= 11 is 0. The molecule has 105 heavy (non-hydrogen) atoms. The Morgan fingerprint density at radius 1 is 0.238 bits per heavy atom. The first-order chi connectivity index (χ1) is 50.6. The SMILES string of the molecule is CC(C)CCCCCCCCCCCCCCCCCCCCC(=O)O[C@H](COC(=O)CCCCCCCCCCCCCCCCCCC(C)C)COP(=O)(O)OC[C@@H](O)COP(=O)(O)OC[C@@H](COC(=O)CCCCCCCCC(C)C)OC(=O)CCCCCCCCCCCCCCCC(C)C. The number of unbranched alkanes of at least 4 members (excludes halogenated alkanes) is 49. The summed E-state index contributed by atoms with van der Waals surface area (Å²) in [4.78, 5) is 73.2. The van der Waals surface area contributed by atoms with Crippen molar-refractivity contribution in [1.29, 1.82) is 0 Å². The molecule has 0 spiro atoms. The van der Waals surface area contributed by atoms with Gasteiger partial charge in [0.2, 0.25) is 0 Å². The summed E-state index contributed by atoms with van der Waals surface area (Å²) in [6.07, 6.45) is 64.1. The second-order valence-electron chi connectivity index (χ2n) is 32.8. The molecule has 19 heteroatoms. The molecule has 0 heterocycles. The smallest absolute Gasteiger partial charge is 0.462 e. The Kier molecular flexibility index (Phi) is 73.4. The van der Waals surface area contributed by atoms with Gasteiger partial charge >= 0.3 is 39.5 Å². The van der Waals surface area contributed by atoms with Crippen molar-refractivity contribution in [1.82, 2.24) is 0 Å². The summed E-state index contributed by atoms with van der Waals surface area (Å²) in [5.74, 6) is 0.989. The van der Waals surface area contributed by atoms with Crippen LogP contribution in [0.1, 0.15) is 447 Å². The molecule has 3 N–H and O–H groups in total. The third kappa shape index (κ3) is 79.9. The quantitative estimate of drug-likeness (QED) is 0.0222. The van der Waals surface area contributed by atoms with Gasteiger partial charge in [0.05, 0.1) is 26.4 Å². The maximum atomic E-state index is 13.1. The van der Waals surface area contributed by atoms with E-state index in [0.717, 1.165) is 114 Å². The Morgan fingerprint density at radius 3 is 0.590 bits per heavy atom. The Bertz CT molecular complexity index is 2040. The first-order valence-electron chi connectivity index (χ1n) is 44.2. The summed E-state index contributed by atoms with van der Waals surface area (Å²) in [5.41, 5.74) is 0. The zero-order valence-corrected chi connectivity index (χ0v) is 71.2. The molecule has 2 unspecified atom stereocenters. The molecule has 0 aliphatic carbocycles. The molecular formula is C86H168O17P2. The number of hydrogen-bond donors (Lipinski definition) is 3. The lowest BCUT2D eigenvalue weighted by molar-refractivity contribution is -0.161. The van der Waals surface area contributed by atoms with Gasteiger partial charge in [-0.1, -0.05) is 396 Å². The lowest BCUT2D eigenvalue weighted by Gasteiger charge is -2.21. The lowest BCUT2D eigenvalue weighted by Crippen LogP contribution is -2.30. The number of phosphoric ester groups is 2. The Labute approximate surface area is 645 Å². The maximum Gasteiger partial charge on any atom is 0.472 e. The minimum absolute atomic E-state index is 0.106. The van der Waals surface area contributed by atoms with Crippen LogP contribution in [0.25, 0.3) is 0 Å². The van der Waals surface area contributed by atoms with Gasteiger partial charge in [0, 0.05) is 25.7 Å². The van der Waals surface area contributed by atoms with Gasteiger partial charge in [0.25, 0.3) is 0 Å². The predicted octanol–water partition coefficient (Wildman–Crippen LogP) is 25.9. The zero-order chi connectivity index (χ0) is 77.4.